The minimum atomic E-state index is -0.182. The van der Waals surface area contributed by atoms with Gasteiger partial charge in [-0.1, -0.05) is 26.7 Å². The predicted octanol–water partition coefficient (Wildman–Crippen LogP) is 4.75. The number of carbonyl (C=O) groups excluding carboxylic acids is 1. The molecule has 0 aromatic carbocycles. The molecule has 0 spiro atoms. The van der Waals surface area contributed by atoms with Crippen LogP contribution in [0.2, 0.25) is 0 Å². The van der Waals surface area contributed by atoms with Crippen LogP contribution in [0.4, 0.5) is 4.79 Å². The van der Waals surface area contributed by atoms with Gasteiger partial charge in [-0.25, -0.2) is 4.79 Å². The summed E-state index contributed by atoms with van der Waals surface area (Å²) in [6.45, 7) is 5.32. The standard InChI is InChI=1S/C18H31NO2/c1-14(2)18(11-5-6-12-18)21-17(20)19-13-7-9-15-8-3-4-10-16(15)19/h14-16H,3-13H2,1-2H3. The van der Waals surface area contributed by atoms with E-state index in [1.807, 2.05) is 0 Å². The van der Waals surface area contributed by atoms with Gasteiger partial charge in [0.2, 0.25) is 0 Å². The number of rotatable bonds is 2. The lowest BCUT2D eigenvalue weighted by atomic mass is 9.78. The third-order valence-corrected chi connectivity index (χ3v) is 6.27. The summed E-state index contributed by atoms with van der Waals surface area (Å²) in [4.78, 5) is 14.9. The lowest BCUT2D eigenvalue weighted by Crippen LogP contribution is -2.52. The number of ether oxygens (including phenoxy) is 1. The summed E-state index contributed by atoms with van der Waals surface area (Å²) in [5.74, 6) is 1.16. The summed E-state index contributed by atoms with van der Waals surface area (Å²) in [6.07, 6.45) is 12.1. The largest absolute Gasteiger partial charge is 0.443 e. The van der Waals surface area contributed by atoms with Crippen molar-refractivity contribution in [3.05, 3.63) is 0 Å². The quantitative estimate of drug-likeness (QED) is 0.735. The highest BCUT2D eigenvalue weighted by molar-refractivity contribution is 5.69. The summed E-state index contributed by atoms with van der Waals surface area (Å²) >= 11 is 0. The summed E-state index contributed by atoms with van der Waals surface area (Å²) in [7, 11) is 0. The van der Waals surface area contributed by atoms with Crippen LogP contribution >= 0.6 is 0 Å². The van der Waals surface area contributed by atoms with Crippen LogP contribution in [0.25, 0.3) is 0 Å². The summed E-state index contributed by atoms with van der Waals surface area (Å²) in [5, 5.41) is 0. The Morgan fingerprint density at radius 1 is 1.05 bits per heavy atom. The van der Waals surface area contributed by atoms with Crippen molar-refractivity contribution in [1.29, 1.82) is 0 Å². The van der Waals surface area contributed by atoms with Gasteiger partial charge < -0.3 is 9.64 Å². The molecular formula is C18H31NO2. The molecule has 3 aliphatic rings. The zero-order valence-corrected chi connectivity index (χ0v) is 13.8. The molecule has 2 aliphatic carbocycles. The SMILES string of the molecule is CC(C)C1(OC(=O)N2CCCC3CCCCC32)CCCC1. The molecule has 21 heavy (non-hydrogen) atoms. The smallest absolute Gasteiger partial charge is 0.410 e. The van der Waals surface area contributed by atoms with E-state index in [-0.39, 0.29) is 11.7 Å². The molecule has 1 saturated heterocycles. The number of carbonyl (C=O) groups is 1. The van der Waals surface area contributed by atoms with E-state index in [9.17, 15) is 4.79 Å². The summed E-state index contributed by atoms with van der Waals surface area (Å²) < 4.78 is 6.14. The molecule has 120 valence electrons. The lowest BCUT2D eigenvalue weighted by molar-refractivity contribution is -0.0521. The fourth-order valence-electron chi connectivity index (χ4n) is 4.85. The zero-order valence-electron chi connectivity index (χ0n) is 13.8. The third-order valence-electron chi connectivity index (χ3n) is 6.27. The number of hydrogen-bond donors (Lipinski definition) is 0. The maximum absolute atomic E-state index is 12.8. The number of hydrogen-bond acceptors (Lipinski definition) is 2. The molecule has 0 aromatic rings. The van der Waals surface area contributed by atoms with Gasteiger partial charge >= 0.3 is 6.09 Å². The molecule has 1 amide bonds. The molecule has 1 aliphatic heterocycles. The Morgan fingerprint density at radius 3 is 2.43 bits per heavy atom. The van der Waals surface area contributed by atoms with Gasteiger partial charge in [0.05, 0.1) is 0 Å². The van der Waals surface area contributed by atoms with Crippen LogP contribution in [0, 0.1) is 11.8 Å². The maximum atomic E-state index is 12.8. The first-order valence-corrected chi connectivity index (χ1v) is 9.12. The van der Waals surface area contributed by atoms with Gasteiger partial charge in [0, 0.05) is 12.6 Å². The first kappa shape index (κ1) is 15.2. The maximum Gasteiger partial charge on any atom is 0.410 e. The zero-order chi connectivity index (χ0) is 14.9. The van der Waals surface area contributed by atoms with Gasteiger partial charge in [-0.05, 0) is 63.2 Å². The second-order valence-electron chi connectivity index (χ2n) is 7.74. The minimum Gasteiger partial charge on any atom is -0.443 e. The topological polar surface area (TPSA) is 29.5 Å². The normalized spacial score (nSPS) is 32.0. The molecule has 0 aromatic heterocycles. The second kappa shape index (κ2) is 6.18. The van der Waals surface area contributed by atoms with Crippen molar-refractivity contribution in [2.45, 2.75) is 89.7 Å². The van der Waals surface area contributed by atoms with Crippen molar-refractivity contribution < 1.29 is 9.53 Å². The molecule has 0 radical (unpaired) electrons. The Kier molecular flexibility index (Phi) is 4.46. The summed E-state index contributed by atoms with van der Waals surface area (Å²) in [6, 6.07) is 0.464. The van der Waals surface area contributed by atoms with Crippen molar-refractivity contribution in [3.63, 3.8) is 0 Å². The number of fused-ring (bicyclic) bond motifs is 1. The molecular weight excluding hydrogens is 262 g/mol. The molecule has 2 atom stereocenters. The Labute approximate surface area is 129 Å². The van der Waals surface area contributed by atoms with Crippen LogP contribution in [0.5, 0.6) is 0 Å². The molecule has 3 rings (SSSR count). The van der Waals surface area contributed by atoms with Crippen molar-refractivity contribution in [3.8, 4) is 0 Å². The molecule has 0 N–H and O–H groups in total. The minimum absolute atomic E-state index is 0.0119. The molecule has 2 unspecified atom stereocenters. The van der Waals surface area contributed by atoms with Gasteiger partial charge in [0.1, 0.15) is 5.60 Å². The monoisotopic (exact) mass is 293 g/mol. The van der Waals surface area contributed by atoms with Crippen LogP contribution in [0.1, 0.15) is 78.1 Å². The van der Waals surface area contributed by atoms with Crippen LogP contribution in [-0.2, 0) is 4.74 Å². The van der Waals surface area contributed by atoms with Crippen LogP contribution < -0.4 is 0 Å². The summed E-state index contributed by atoms with van der Waals surface area (Å²) in [5.41, 5.74) is -0.182. The van der Waals surface area contributed by atoms with Crippen molar-refractivity contribution in [2.75, 3.05) is 6.54 Å². The highest BCUT2D eigenvalue weighted by atomic mass is 16.6. The first-order chi connectivity index (χ1) is 10.1. The average molecular weight is 293 g/mol. The van der Waals surface area contributed by atoms with E-state index in [1.54, 1.807) is 0 Å². The van der Waals surface area contributed by atoms with E-state index in [4.69, 9.17) is 4.74 Å². The van der Waals surface area contributed by atoms with Gasteiger partial charge in [-0.15, -0.1) is 0 Å². The molecule has 1 heterocycles. The fraction of sp³-hybridized carbons (Fsp3) is 0.944. The third kappa shape index (κ3) is 2.93. The second-order valence-corrected chi connectivity index (χ2v) is 7.74. The van der Waals surface area contributed by atoms with E-state index in [0.717, 1.165) is 31.7 Å². The molecule has 0 bridgehead atoms. The van der Waals surface area contributed by atoms with E-state index in [1.165, 1.54) is 44.9 Å². The van der Waals surface area contributed by atoms with Crippen LogP contribution in [-0.4, -0.2) is 29.2 Å². The van der Waals surface area contributed by atoms with Gasteiger partial charge in [0.25, 0.3) is 0 Å². The van der Waals surface area contributed by atoms with Gasteiger partial charge in [-0.3, -0.25) is 0 Å². The van der Waals surface area contributed by atoms with Gasteiger partial charge in [0.15, 0.2) is 0 Å². The highest BCUT2D eigenvalue weighted by Crippen LogP contribution is 2.41. The predicted molar refractivity (Wildman–Crippen MR) is 84.2 cm³/mol. The number of nitrogens with zero attached hydrogens (tertiary/aromatic N) is 1. The number of amides is 1. The highest BCUT2D eigenvalue weighted by Gasteiger charge is 2.44. The Morgan fingerprint density at radius 2 is 1.71 bits per heavy atom. The Bertz CT molecular complexity index is 371. The lowest BCUT2D eigenvalue weighted by Gasteiger charge is -2.45. The first-order valence-electron chi connectivity index (χ1n) is 9.12. The number of likely N-dealkylation sites (tertiary alicyclic amines) is 1. The number of piperidine rings is 1. The van der Waals surface area contributed by atoms with Crippen molar-refractivity contribution in [2.24, 2.45) is 11.8 Å². The molecule has 3 nitrogen and oxygen atoms in total. The Balaban J connectivity index is 1.69. The van der Waals surface area contributed by atoms with E-state index in [0.29, 0.717) is 12.0 Å². The molecule has 2 saturated carbocycles. The van der Waals surface area contributed by atoms with Crippen molar-refractivity contribution >= 4 is 6.09 Å². The molecule has 3 heteroatoms. The molecule has 3 fully saturated rings. The average Bonchev–Trinajstić information content (AvgIpc) is 2.96. The van der Waals surface area contributed by atoms with Crippen LogP contribution in [0.3, 0.4) is 0 Å². The van der Waals surface area contributed by atoms with E-state index in [2.05, 4.69) is 18.7 Å². The van der Waals surface area contributed by atoms with Crippen molar-refractivity contribution in [1.82, 2.24) is 4.90 Å². The van der Waals surface area contributed by atoms with Gasteiger partial charge in [-0.2, -0.15) is 0 Å². The van der Waals surface area contributed by atoms with E-state index >= 15 is 0 Å². The van der Waals surface area contributed by atoms with Crippen LogP contribution in [0.15, 0.2) is 0 Å². The Hall–Kier alpha value is -0.730. The fourth-order valence-corrected chi connectivity index (χ4v) is 4.85. The van der Waals surface area contributed by atoms with E-state index < -0.39 is 0 Å².